The lowest BCUT2D eigenvalue weighted by Gasteiger charge is -2.14. The molecule has 6 heteroatoms. The minimum Gasteiger partial charge on any atom is -0.480 e. The smallest absolute Gasteiger partial charge is 0.280 e. The second-order valence-electron chi connectivity index (χ2n) is 5.61. The van der Waals surface area contributed by atoms with Crippen LogP contribution in [0.5, 0.6) is 5.75 Å². The lowest BCUT2D eigenvalue weighted by Crippen LogP contribution is -2.33. The number of benzene rings is 3. The third-order valence-corrected chi connectivity index (χ3v) is 4.45. The number of hydrogen-bond donors (Lipinski definition) is 1. The number of nitrogens with one attached hydrogen (secondary N) is 1. The van der Waals surface area contributed by atoms with Gasteiger partial charge in [-0.05, 0) is 30.5 Å². The molecule has 0 aromatic heterocycles. The largest absolute Gasteiger partial charge is 0.480 e. The fourth-order valence-corrected chi connectivity index (χ4v) is 2.92. The first-order chi connectivity index (χ1) is 12.6. The van der Waals surface area contributed by atoms with Crippen LogP contribution in [0.2, 0.25) is 10.0 Å². The molecule has 0 aliphatic carbocycles. The molecule has 0 aliphatic rings. The predicted octanol–water partition coefficient (Wildman–Crippen LogP) is 5.06. The van der Waals surface area contributed by atoms with Crippen molar-refractivity contribution in [2.45, 2.75) is 13.0 Å². The van der Waals surface area contributed by atoms with Gasteiger partial charge in [-0.1, -0.05) is 65.7 Å². The topological polar surface area (TPSA) is 50.7 Å². The molecule has 0 spiro atoms. The molecule has 3 aromatic carbocycles. The Morgan fingerprint density at radius 3 is 2.46 bits per heavy atom. The van der Waals surface area contributed by atoms with Gasteiger partial charge in [-0.3, -0.25) is 4.79 Å². The number of carbonyl (C=O) groups is 1. The van der Waals surface area contributed by atoms with Crippen molar-refractivity contribution in [2.75, 3.05) is 0 Å². The van der Waals surface area contributed by atoms with E-state index < -0.39 is 6.10 Å². The maximum absolute atomic E-state index is 12.2. The van der Waals surface area contributed by atoms with E-state index in [1.54, 1.807) is 25.1 Å². The van der Waals surface area contributed by atoms with Crippen LogP contribution < -0.4 is 10.2 Å². The van der Waals surface area contributed by atoms with E-state index in [1.807, 2.05) is 42.5 Å². The Hall–Kier alpha value is -2.56. The summed E-state index contributed by atoms with van der Waals surface area (Å²) in [7, 11) is 0. The highest BCUT2D eigenvalue weighted by Gasteiger charge is 2.15. The first-order valence-corrected chi connectivity index (χ1v) is 8.73. The monoisotopic (exact) mass is 386 g/mol. The molecule has 1 atom stereocenters. The van der Waals surface area contributed by atoms with Gasteiger partial charge in [0.1, 0.15) is 5.75 Å². The normalized spacial score (nSPS) is 12.3. The molecule has 0 unspecified atom stereocenters. The van der Waals surface area contributed by atoms with Gasteiger partial charge in [0.05, 0.1) is 16.3 Å². The van der Waals surface area contributed by atoms with Gasteiger partial charge in [0, 0.05) is 10.9 Å². The summed E-state index contributed by atoms with van der Waals surface area (Å²) in [6.45, 7) is 1.66. The Morgan fingerprint density at radius 2 is 1.69 bits per heavy atom. The number of amides is 1. The van der Waals surface area contributed by atoms with Crippen molar-refractivity contribution in [2.24, 2.45) is 5.10 Å². The molecule has 132 valence electrons. The molecule has 0 radical (unpaired) electrons. The molecule has 1 N–H and O–H groups in total. The van der Waals surface area contributed by atoms with E-state index in [-0.39, 0.29) is 5.91 Å². The van der Waals surface area contributed by atoms with E-state index in [4.69, 9.17) is 27.9 Å². The number of hydrazone groups is 1. The Kier molecular flexibility index (Phi) is 5.76. The van der Waals surface area contributed by atoms with Gasteiger partial charge in [-0.2, -0.15) is 5.10 Å². The van der Waals surface area contributed by atoms with E-state index >= 15 is 0 Å². The molecule has 0 bridgehead atoms. The zero-order valence-electron chi connectivity index (χ0n) is 13.9. The molecular weight excluding hydrogens is 371 g/mol. The second kappa shape index (κ2) is 8.21. The van der Waals surface area contributed by atoms with Gasteiger partial charge in [-0.15, -0.1) is 0 Å². The van der Waals surface area contributed by atoms with E-state index in [0.717, 1.165) is 10.8 Å². The van der Waals surface area contributed by atoms with E-state index in [9.17, 15) is 4.79 Å². The Morgan fingerprint density at radius 1 is 1.04 bits per heavy atom. The first-order valence-electron chi connectivity index (χ1n) is 7.97. The zero-order valence-corrected chi connectivity index (χ0v) is 15.5. The summed E-state index contributed by atoms with van der Waals surface area (Å²) in [4.78, 5) is 12.2. The Labute approximate surface area is 161 Å². The Bertz CT molecular complexity index is 947. The number of halogens is 2. The predicted molar refractivity (Wildman–Crippen MR) is 106 cm³/mol. The maximum atomic E-state index is 12.2. The number of ether oxygens (including phenoxy) is 1. The number of carbonyl (C=O) groups excluding carboxylic acids is 1. The molecule has 3 rings (SSSR count). The van der Waals surface area contributed by atoms with Crippen LogP contribution in [0.1, 0.15) is 12.5 Å². The molecular formula is C20H16Cl2N2O2. The number of rotatable bonds is 5. The summed E-state index contributed by atoms with van der Waals surface area (Å²) < 4.78 is 5.80. The van der Waals surface area contributed by atoms with Crippen LogP contribution in [0.4, 0.5) is 0 Å². The fraction of sp³-hybridized carbons (Fsp3) is 0.100. The van der Waals surface area contributed by atoms with Crippen LogP contribution in [0.15, 0.2) is 65.8 Å². The highest BCUT2D eigenvalue weighted by Crippen LogP contribution is 2.26. The Balaban J connectivity index is 1.67. The fourth-order valence-electron chi connectivity index (χ4n) is 2.43. The molecule has 0 fully saturated rings. The van der Waals surface area contributed by atoms with Crippen molar-refractivity contribution < 1.29 is 9.53 Å². The SMILES string of the molecule is C[C@@H](Oc1cccc2ccccc12)C(=O)N/N=C\c1c(Cl)cccc1Cl. The minimum absolute atomic E-state index is 0.377. The zero-order chi connectivity index (χ0) is 18.5. The van der Waals surface area contributed by atoms with Crippen LogP contribution in [0, 0.1) is 0 Å². The third-order valence-electron chi connectivity index (χ3n) is 3.79. The first kappa shape index (κ1) is 18.2. The molecule has 0 heterocycles. The molecule has 1 amide bonds. The molecule has 26 heavy (non-hydrogen) atoms. The van der Waals surface area contributed by atoms with Crippen molar-refractivity contribution in [3.8, 4) is 5.75 Å². The highest BCUT2D eigenvalue weighted by molar-refractivity contribution is 6.38. The number of hydrogen-bond acceptors (Lipinski definition) is 3. The summed E-state index contributed by atoms with van der Waals surface area (Å²) in [5.74, 6) is 0.265. The standard InChI is InChI=1S/C20H16Cl2N2O2/c1-13(26-19-11-4-7-14-6-2-3-8-15(14)19)20(25)24-23-12-16-17(21)9-5-10-18(16)22/h2-13H,1H3,(H,24,25)/b23-12-/t13-/m1/s1. The molecule has 0 saturated heterocycles. The number of fused-ring (bicyclic) bond motifs is 1. The van der Waals surface area contributed by atoms with Gasteiger partial charge >= 0.3 is 0 Å². The van der Waals surface area contributed by atoms with Crippen LogP contribution in [0.3, 0.4) is 0 Å². The number of nitrogens with zero attached hydrogens (tertiary/aromatic N) is 1. The average Bonchev–Trinajstić information content (AvgIpc) is 2.64. The average molecular weight is 387 g/mol. The van der Waals surface area contributed by atoms with Crippen molar-refractivity contribution in [1.82, 2.24) is 5.43 Å². The van der Waals surface area contributed by atoms with Crippen LogP contribution in [-0.2, 0) is 4.79 Å². The van der Waals surface area contributed by atoms with Gasteiger partial charge in [0.25, 0.3) is 5.91 Å². The summed E-state index contributed by atoms with van der Waals surface area (Å²) in [5.41, 5.74) is 2.98. The summed E-state index contributed by atoms with van der Waals surface area (Å²) in [6, 6.07) is 18.7. The van der Waals surface area contributed by atoms with Gasteiger partial charge in [-0.25, -0.2) is 5.43 Å². The molecule has 3 aromatic rings. The maximum Gasteiger partial charge on any atom is 0.280 e. The second-order valence-corrected chi connectivity index (χ2v) is 6.42. The van der Waals surface area contributed by atoms with Crippen molar-refractivity contribution in [1.29, 1.82) is 0 Å². The van der Waals surface area contributed by atoms with E-state index in [0.29, 0.717) is 21.4 Å². The summed E-state index contributed by atoms with van der Waals surface area (Å²) >= 11 is 12.1. The summed E-state index contributed by atoms with van der Waals surface area (Å²) in [6.07, 6.45) is 0.687. The minimum atomic E-state index is -0.723. The van der Waals surface area contributed by atoms with Crippen molar-refractivity contribution in [3.05, 3.63) is 76.3 Å². The van der Waals surface area contributed by atoms with E-state index in [1.165, 1.54) is 6.21 Å². The lowest BCUT2D eigenvalue weighted by molar-refractivity contribution is -0.127. The highest BCUT2D eigenvalue weighted by atomic mass is 35.5. The summed E-state index contributed by atoms with van der Waals surface area (Å²) in [5, 5.41) is 6.81. The van der Waals surface area contributed by atoms with Crippen LogP contribution in [0.25, 0.3) is 10.8 Å². The van der Waals surface area contributed by atoms with E-state index in [2.05, 4.69) is 10.5 Å². The molecule has 4 nitrogen and oxygen atoms in total. The third kappa shape index (κ3) is 4.15. The van der Waals surface area contributed by atoms with Gasteiger partial charge < -0.3 is 4.74 Å². The van der Waals surface area contributed by atoms with Crippen LogP contribution in [-0.4, -0.2) is 18.2 Å². The quantitative estimate of drug-likeness (QED) is 0.491. The van der Waals surface area contributed by atoms with Gasteiger partial charge in [0.15, 0.2) is 6.10 Å². The lowest BCUT2D eigenvalue weighted by atomic mass is 10.1. The van der Waals surface area contributed by atoms with Crippen molar-refractivity contribution in [3.63, 3.8) is 0 Å². The van der Waals surface area contributed by atoms with Crippen LogP contribution >= 0.6 is 23.2 Å². The molecule has 0 saturated carbocycles. The van der Waals surface area contributed by atoms with Gasteiger partial charge in [0.2, 0.25) is 0 Å². The van der Waals surface area contributed by atoms with Crippen molar-refractivity contribution >= 4 is 46.1 Å². The molecule has 0 aliphatic heterocycles.